The van der Waals surface area contributed by atoms with Crippen LogP contribution >= 0.6 is 11.3 Å². The predicted octanol–water partition coefficient (Wildman–Crippen LogP) is 5.78. The van der Waals surface area contributed by atoms with Gasteiger partial charge in [-0.25, -0.2) is 0 Å². The van der Waals surface area contributed by atoms with Gasteiger partial charge in [-0.1, -0.05) is 6.92 Å². The van der Waals surface area contributed by atoms with Crippen LogP contribution in [0.1, 0.15) is 55.2 Å². The Morgan fingerprint density at radius 1 is 1.00 bits per heavy atom. The van der Waals surface area contributed by atoms with Crippen LogP contribution < -0.4 is 4.90 Å². The molecule has 12 nitrogen and oxygen atoms in total. The van der Waals surface area contributed by atoms with Crippen LogP contribution in [-0.4, -0.2) is 95.5 Å². The Labute approximate surface area is 272 Å². The molecular weight excluding hydrogens is 617 g/mol. The van der Waals surface area contributed by atoms with Crippen molar-refractivity contribution in [1.29, 1.82) is 10.5 Å². The normalized spacial score (nSPS) is 13.2. The number of hydrogen-bond donors (Lipinski definition) is 1. The standard InChI is InChI=1S/C31H46N6O6S2/c1-7-13-42-24(3)21-37(22-25(4)43-16-15-41-14-12-36(6)11-8-17-45(38,39)40)27-9-10-29(23(2)18-27)34-35-31-28(19-32)26(5)30(20-33)44-31/h9-10,18,24-25H,7-8,11-17,21-22H2,1-6H3,(H,38,39,40)/b35-34+. The fraction of sp³-hybridized carbons (Fsp3) is 0.613. The van der Waals surface area contributed by atoms with Gasteiger partial charge in [0.2, 0.25) is 0 Å². The number of aryl methyl sites for hydroxylation is 1. The molecule has 0 aliphatic carbocycles. The number of likely N-dealkylation sites (N-methyl/N-ethyl adjacent to an activating group) is 1. The van der Waals surface area contributed by atoms with Gasteiger partial charge in [-0.3, -0.25) is 4.55 Å². The summed E-state index contributed by atoms with van der Waals surface area (Å²) in [5.41, 5.74) is 3.59. The van der Waals surface area contributed by atoms with Crippen molar-refractivity contribution in [3.63, 3.8) is 0 Å². The van der Waals surface area contributed by atoms with E-state index in [1.807, 2.05) is 37.9 Å². The van der Waals surface area contributed by atoms with Gasteiger partial charge in [0, 0.05) is 31.9 Å². The van der Waals surface area contributed by atoms with Gasteiger partial charge in [0.15, 0.2) is 5.00 Å². The minimum Gasteiger partial charge on any atom is -0.378 e. The molecule has 0 spiro atoms. The number of nitriles is 2. The predicted molar refractivity (Wildman–Crippen MR) is 177 cm³/mol. The highest BCUT2D eigenvalue weighted by Gasteiger charge is 2.18. The van der Waals surface area contributed by atoms with E-state index in [9.17, 15) is 18.9 Å². The van der Waals surface area contributed by atoms with Gasteiger partial charge >= 0.3 is 0 Å². The molecule has 0 amide bonds. The average Bonchev–Trinajstić information content (AvgIpc) is 3.30. The summed E-state index contributed by atoms with van der Waals surface area (Å²) < 4.78 is 48.2. The maximum atomic E-state index is 10.8. The first kappa shape index (κ1) is 38.2. The van der Waals surface area contributed by atoms with Crippen molar-refractivity contribution in [2.24, 2.45) is 10.2 Å². The number of benzene rings is 1. The molecule has 2 atom stereocenters. The lowest BCUT2D eigenvalue weighted by Gasteiger charge is -2.31. The van der Waals surface area contributed by atoms with E-state index in [0.29, 0.717) is 85.7 Å². The monoisotopic (exact) mass is 662 g/mol. The molecule has 0 saturated heterocycles. The van der Waals surface area contributed by atoms with E-state index in [1.54, 1.807) is 6.92 Å². The Hall–Kier alpha value is -2.95. The molecule has 0 fully saturated rings. The summed E-state index contributed by atoms with van der Waals surface area (Å²) in [7, 11) is -2.05. The molecule has 0 bridgehead atoms. The third-order valence-corrected chi connectivity index (χ3v) is 8.77. The molecule has 248 valence electrons. The first-order valence-electron chi connectivity index (χ1n) is 15.0. The topological polar surface area (TPSA) is 161 Å². The number of azo groups is 1. The number of hydrogen-bond acceptors (Lipinski definition) is 12. The van der Waals surface area contributed by atoms with Crippen molar-refractivity contribution >= 4 is 37.8 Å². The van der Waals surface area contributed by atoms with Crippen LogP contribution in [0.25, 0.3) is 0 Å². The minimum atomic E-state index is -3.93. The van der Waals surface area contributed by atoms with Crippen LogP contribution in [0.3, 0.4) is 0 Å². The Morgan fingerprint density at radius 2 is 1.69 bits per heavy atom. The molecule has 1 aromatic heterocycles. The summed E-state index contributed by atoms with van der Waals surface area (Å²) in [6.45, 7) is 14.4. The first-order chi connectivity index (χ1) is 21.4. The molecule has 2 rings (SSSR count). The fourth-order valence-corrected chi connectivity index (χ4v) is 5.82. The SMILES string of the molecule is CCCOC(C)CN(CC(C)OCCOCCN(C)CCCS(=O)(=O)O)c1ccc(/N=N/c2sc(C#N)c(C)c2C#N)c(C)c1. The Morgan fingerprint density at radius 3 is 2.29 bits per heavy atom. The Bertz CT molecular complexity index is 1430. The van der Waals surface area contributed by atoms with E-state index < -0.39 is 10.1 Å². The fourth-order valence-electron chi connectivity index (χ4n) is 4.44. The van der Waals surface area contributed by atoms with Crippen LogP contribution in [0.2, 0.25) is 0 Å². The van der Waals surface area contributed by atoms with Gasteiger partial charge in [-0.05, 0) is 83.5 Å². The number of ether oxygens (including phenoxy) is 3. The van der Waals surface area contributed by atoms with Crippen LogP contribution in [-0.2, 0) is 24.3 Å². The summed E-state index contributed by atoms with van der Waals surface area (Å²) in [6.07, 6.45) is 1.23. The number of anilines is 1. The van der Waals surface area contributed by atoms with Crippen molar-refractivity contribution in [2.75, 3.05) is 70.3 Å². The van der Waals surface area contributed by atoms with Gasteiger partial charge in [0.05, 0.1) is 49.0 Å². The summed E-state index contributed by atoms with van der Waals surface area (Å²) in [4.78, 5) is 4.65. The van der Waals surface area contributed by atoms with Crippen LogP contribution in [0.15, 0.2) is 28.4 Å². The second-order valence-corrected chi connectivity index (χ2v) is 13.5. The highest BCUT2D eigenvalue weighted by Crippen LogP contribution is 2.36. The van der Waals surface area contributed by atoms with Crippen molar-refractivity contribution in [3.8, 4) is 12.1 Å². The second kappa shape index (κ2) is 19.5. The van der Waals surface area contributed by atoms with E-state index in [1.165, 1.54) is 0 Å². The van der Waals surface area contributed by atoms with Gasteiger partial charge in [-0.15, -0.1) is 21.6 Å². The quantitative estimate of drug-likeness (QED) is 0.0986. The lowest BCUT2D eigenvalue weighted by atomic mass is 10.1. The largest absolute Gasteiger partial charge is 0.378 e. The van der Waals surface area contributed by atoms with Crippen molar-refractivity contribution in [2.45, 2.75) is 59.7 Å². The molecule has 45 heavy (non-hydrogen) atoms. The van der Waals surface area contributed by atoms with Crippen molar-refractivity contribution in [3.05, 3.63) is 39.8 Å². The van der Waals surface area contributed by atoms with E-state index >= 15 is 0 Å². The van der Waals surface area contributed by atoms with E-state index in [4.69, 9.17) is 18.8 Å². The smallest absolute Gasteiger partial charge is 0.264 e. The van der Waals surface area contributed by atoms with Crippen LogP contribution in [0.5, 0.6) is 0 Å². The van der Waals surface area contributed by atoms with E-state index in [0.717, 1.165) is 29.0 Å². The number of thiophene rings is 1. The van der Waals surface area contributed by atoms with Crippen molar-refractivity contribution in [1.82, 2.24) is 4.90 Å². The van der Waals surface area contributed by atoms with Crippen LogP contribution in [0.4, 0.5) is 16.4 Å². The summed E-state index contributed by atoms with van der Waals surface area (Å²) in [6, 6.07) is 10.2. The maximum Gasteiger partial charge on any atom is 0.264 e. The zero-order valence-corrected chi connectivity index (χ0v) is 28.8. The Kier molecular flexibility index (Phi) is 16.6. The molecule has 1 heterocycles. The van der Waals surface area contributed by atoms with Gasteiger partial charge in [0.25, 0.3) is 10.1 Å². The lowest BCUT2D eigenvalue weighted by Crippen LogP contribution is -2.38. The van der Waals surface area contributed by atoms with Crippen LogP contribution in [0, 0.1) is 36.5 Å². The lowest BCUT2D eigenvalue weighted by molar-refractivity contribution is 0.00996. The third kappa shape index (κ3) is 13.9. The molecule has 14 heteroatoms. The van der Waals surface area contributed by atoms with E-state index in [-0.39, 0.29) is 18.0 Å². The van der Waals surface area contributed by atoms with E-state index in [2.05, 4.69) is 47.2 Å². The molecule has 0 aliphatic heterocycles. The highest BCUT2D eigenvalue weighted by atomic mass is 32.2. The summed E-state index contributed by atoms with van der Waals surface area (Å²) in [5.74, 6) is -0.246. The first-order valence-corrected chi connectivity index (χ1v) is 17.5. The second-order valence-electron chi connectivity index (χ2n) is 11.0. The molecule has 0 aliphatic rings. The van der Waals surface area contributed by atoms with Gasteiger partial charge in [-0.2, -0.15) is 18.9 Å². The highest BCUT2D eigenvalue weighted by molar-refractivity contribution is 7.85. The Balaban J connectivity index is 1.97. The summed E-state index contributed by atoms with van der Waals surface area (Å²) >= 11 is 1.16. The zero-order chi connectivity index (χ0) is 33.4. The number of nitrogens with zero attached hydrogens (tertiary/aromatic N) is 6. The summed E-state index contributed by atoms with van der Waals surface area (Å²) in [5, 5.41) is 27.9. The average molecular weight is 663 g/mol. The van der Waals surface area contributed by atoms with Crippen molar-refractivity contribution < 1.29 is 27.2 Å². The molecule has 2 aromatic rings. The molecule has 0 radical (unpaired) electrons. The molecule has 1 N–H and O–H groups in total. The zero-order valence-electron chi connectivity index (χ0n) is 27.2. The van der Waals surface area contributed by atoms with Gasteiger partial charge < -0.3 is 24.0 Å². The van der Waals surface area contributed by atoms with Gasteiger partial charge in [0.1, 0.15) is 17.0 Å². The molecule has 0 saturated carbocycles. The molecular formula is C31H46N6O6S2. The third-order valence-electron chi connectivity index (χ3n) is 6.89. The minimum absolute atomic E-state index is 0.00966. The molecule has 1 aromatic carbocycles. The molecule has 2 unspecified atom stereocenters. The number of rotatable bonds is 21. The maximum absolute atomic E-state index is 10.8.